The zero-order valence-corrected chi connectivity index (χ0v) is 23.9. The van der Waals surface area contributed by atoms with Gasteiger partial charge in [0, 0.05) is 56.6 Å². The van der Waals surface area contributed by atoms with E-state index in [1.165, 1.54) is 12.8 Å². The molecule has 0 aliphatic carbocycles. The molecule has 0 radical (unpaired) electrons. The number of nitrogens with one attached hydrogen (secondary N) is 2. The summed E-state index contributed by atoms with van der Waals surface area (Å²) >= 11 is 0. The molecule has 1 aliphatic rings. The van der Waals surface area contributed by atoms with Crippen LogP contribution in [0.15, 0.2) is 30.5 Å². The summed E-state index contributed by atoms with van der Waals surface area (Å²) < 4.78 is 26.6. The van der Waals surface area contributed by atoms with Gasteiger partial charge in [-0.1, -0.05) is 33.1 Å². The van der Waals surface area contributed by atoms with Crippen LogP contribution in [0.5, 0.6) is 0 Å². The van der Waals surface area contributed by atoms with E-state index in [-0.39, 0.29) is 17.6 Å². The van der Waals surface area contributed by atoms with Crippen LogP contribution >= 0.6 is 0 Å². The van der Waals surface area contributed by atoms with Gasteiger partial charge in [0.05, 0.1) is 12.8 Å². The van der Waals surface area contributed by atoms with Crippen molar-refractivity contribution in [3.63, 3.8) is 0 Å². The molecule has 0 bridgehead atoms. The maximum absolute atomic E-state index is 13.0. The number of benzene rings is 1. The van der Waals surface area contributed by atoms with E-state index in [1.54, 1.807) is 29.9 Å². The average Bonchev–Trinajstić information content (AvgIpc) is 3.24. The largest absolute Gasteiger partial charge is 0.350 e. The van der Waals surface area contributed by atoms with Crippen LogP contribution in [0.1, 0.15) is 68.8 Å². The van der Waals surface area contributed by atoms with Gasteiger partial charge in [-0.2, -0.15) is 5.10 Å². The van der Waals surface area contributed by atoms with Crippen LogP contribution in [0.3, 0.4) is 0 Å². The van der Waals surface area contributed by atoms with Crippen LogP contribution in [0.25, 0.3) is 0 Å². The fourth-order valence-electron chi connectivity index (χ4n) is 4.81. The molecule has 2 heterocycles. The lowest BCUT2D eigenvalue weighted by Crippen LogP contribution is -2.34. The van der Waals surface area contributed by atoms with E-state index in [1.807, 2.05) is 17.0 Å². The molecule has 0 atom stereocenters. The maximum atomic E-state index is 13.0. The van der Waals surface area contributed by atoms with Gasteiger partial charge in [0.15, 0.2) is 5.82 Å². The summed E-state index contributed by atoms with van der Waals surface area (Å²) in [7, 11) is -3.40. The fourth-order valence-corrected chi connectivity index (χ4v) is 5.30. The summed E-state index contributed by atoms with van der Waals surface area (Å²) in [6.07, 6.45) is 8.30. The van der Waals surface area contributed by atoms with Gasteiger partial charge in [-0.15, -0.1) is 0 Å². The third-order valence-corrected chi connectivity index (χ3v) is 7.02. The first-order valence-electron chi connectivity index (χ1n) is 13.4. The Morgan fingerprint density at radius 3 is 2.45 bits per heavy atom. The van der Waals surface area contributed by atoms with Gasteiger partial charge < -0.3 is 10.2 Å². The molecule has 0 saturated heterocycles. The van der Waals surface area contributed by atoms with E-state index < -0.39 is 10.0 Å². The summed E-state index contributed by atoms with van der Waals surface area (Å²) in [6.45, 7) is 10.1. The molecule has 1 aliphatic heterocycles. The van der Waals surface area contributed by atoms with Crippen molar-refractivity contribution in [1.82, 2.24) is 20.0 Å². The molecule has 1 aromatic carbocycles. The molecule has 2 aromatic rings. The number of hydrogen-bond acceptors (Lipinski definition) is 6. The van der Waals surface area contributed by atoms with Gasteiger partial charge in [0.25, 0.3) is 5.91 Å². The molecule has 10 nitrogen and oxygen atoms in total. The topological polar surface area (TPSA) is 117 Å². The average molecular weight is 547 g/mol. The van der Waals surface area contributed by atoms with Crippen LogP contribution in [-0.4, -0.2) is 67.3 Å². The molecule has 2 amide bonds. The van der Waals surface area contributed by atoms with Crippen molar-refractivity contribution in [3.8, 4) is 0 Å². The van der Waals surface area contributed by atoms with E-state index in [0.717, 1.165) is 49.9 Å². The van der Waals surface area contributed by atoms with Crippen molar-refractivity contribution in [1.29, 1.82) is 0 Å². The van der Waals surface area contributed by atoms with Gasteiger partial charge in [0.1, 0.15) is 0 Å². The van der Waals surface area contributed by atoms with Gasteiger partial charge in [-0.3, -0.25) is 23.9 Å². The highest BCUT2D eigenvalue weighted by Gasteiger charge is 2.20. The number of aromatic nitrogens is 2. The lowest BCUT2D eigenvalue weighted by atomic mass is 10.0. The van der Waals surface area contributed by atoms with Gasteiger partial charge >= 0.3 is 0 Å². The number of hydrogen-bond donors (Lipinski definition) is 2. The van der Waals surface area contributed by atoms with Crippen LogP contribution < -0.4 is 14.9 Å². The van der Waals surface area contributed by atoms with E-state index in [0.29, 0.717) is 37.7 Å². The van der Waals surface area contributed by atoms with Crippen LogP contribution in [0.4, 0.5) is 11.5 Å². The fraction of sp³-hybridized carbons (Fsp3) is 0.593. The third-order valence-electron chi connectivity index (χ3n) is 6.44. The number of fused-ring (bicyclic) bond motifs is 1. The third kappa shape index (κ3) is 9.43. The number of sulfonamides is 1. The number of carbonyl (C=O) groups excluding carboxylic acids is 2. The van der Waals surface area contributed by atoms with Crippen molar-refractivity contribution in [2.24, 2.45) is 5.92 Å². The van der Waals surface area contributed by atoms with Crippen molar-refractivity contribution in [3.05, 3.63) is 41.6 Å². The molecule has 0 spiro atoms. The lowest BCUT2D eigenvalue weighted by molar-refractivity contribution is -0.116. The van der Waals surface area contributed by atoms with Crippen molar-refractivity contribution in [2.45, 2.75) is 66.0 Å². The normalized spacial score (nSPS) is 15.9. The van der Waals surface area contributed by atoms with Gasteiger partial charge in [-0.05, 0) is 49.1 Å². The van der Waals surface area contributed by atoms with Crippen LogP contribution in [0.2, 0.25) is 0 Å². The summed E-state index contributed by atoms with van der Waals surface area (Å²) in [6, 6.07) is 7.17. The Labute approximate surface area is 226 Å². The Kier molecular flexibility index (Phi) is 10.7. The van der Waals surface area contributed by atoms with Gasteiger partial charge in [-0.25, -0.2) is 8.42 Å². The minimum atomic E-state index is -3.40. The van der Waals surface area contributed by atoms with E-state index >= 15 is 0 Å². The molecule has 3 rings (SSSR count). The van der Waals surface area contributed by atoms with E-state index in [9.17, 15) is 18.0 Å². The zero-order chi connectivity index (χ0) is 27.7. The number of rotatable bonds is 8. The smallest absolute Gasteiger partial charge is 0.251 e. The second kappa shape index (κ2) is 13.7. The maximum Gasteiger partial charge on any atom is 0.251 e. The summed E-state index contributed by atoms with van der Waals surface area (Å²) in [4.78, 5) is 29.9. The number of amides is 2. The molecular weight excluding hydrogens is 504 g/mol. The number of carbonyl (C=O) groups is 2. The molecule has 0 unspecified atom stereocenters. The van der Waals surface area contributed by atoms with Crippen LogP contribution in [0, 0.1) is 5.92 Å². The standard InChI is InChI=1S/C27H42N6O4S/c1-21(2)19-31-14-8-6-5-7-9-15-33(22(3)34)25-11-10-23(18-24(25)20-31)27(35)28-13-17-32-16-12-26(29-32)30-38(4,36)37/h10-12,16,18,21H,5-9,13-15,17,19-20H2,1-4H3,(H,28,35)(H,29,30). The molecule has 11 heteroatoms. The summed E-state index contributed by atoms with van der Waals surface area (Å²) in [5.74, 6) is 0.558. The molecule has 2 N–H and O–H groups in total. The Morgan fingerprint density at radius 1 is 1.05 bits per heavy atom. The van der Waals surface area contributed by atoms with Crippen LogP contribution in [-0.2, 0) is 27.9 Å². The molecule has 0 fully saturated rings. The molecule has 38 heavy (non-hydrogen) atoms. The lowest BCUT2D eigenvalue weighted by Gasteiger charge is -2.30. The van der Waals surface area contributed by atoms with Crippen molar-refractivity contribution < 1.29 is 18.0 Å². The van der Waals surface area contributed by atoms with Crippen molar-refractivity contribution in [2.75, 3.05) is 42.1 Å². The van der Waals surface area contributed by atoms with Crippen molar-refractivity contribution >= 4 is 33.3 Å². The minimum Gasteiger partial charge on any atom is -0.350 e. The SMILES string of the molecule is CC(=O)N1CCCCCCCN(CC(C)C)Cc2cc(C(=O)NCCn3ccc(NS(C)(=O)=O)n3)ccc21. The number of anilines is 2. The summed E-state index contributed by atoms with van der Waals surface area (Å²) in [5.41, 5.74) is 2.41. The monoisotopic (exact) mass is 546 g/mol. The summed E-state index contributed by atoms with van der Waals surface area (Å²) in [5, 5.41) is 7.09. The quantitative estimate of drug-likeness (QED) is 0.524. The Morgan fingerprint density at radius 2 is 1.76 bits per heavy atom. The highest BCUT2D eigenvalue weighted by molar-refractivity contribution is 7.92. The first kappa shape index (κ1) is 29.6. The van der Waals surface area contributed by atoms with E-state index in [4.69, 9.17) is 0 Å². The first-order chi connectivity index (χ1) is 18.0. The highest BCUT2D eigenvalue weighted by atomic mass is 32.2. The first-order valence-corrected chi connectivity index (χ1v) is 15.3. The highest BCUT2D eigenvalue weighted by Crippen LogP contribution is 2.26. The minimum absolute atomic E-state index is 0.0138. The van der Waals surface area contributed by atoms with Gasteiger partial charge in [0.2, 0.25) is 15.9 Å². The van der Waals surface area contributed by atoms with E-state index in [2.05, 4.69) is 33.9 Å². The second-order valence-electron chi connectivity index (χ2n) is 10.5. The Balaban J connectivity index is 1.76. The molecule has 210 valence electrons. The second-order valence-corrected chi connectivity index (χ2v) is 12.3. The number of nitrogens with zero attached hydrogens (tertiary/aromatic N) is 4. The molecule has 0 saturated carbocycles. The zero-order valence-electron chi connectivity index (χ0n) is 23.1. The molecular formula is C27H42N6O4S. The predicted octanol–water partition coefficient (Wildman–Crippen LogP) is 3.46. The molecule has 1 aromatic heterocycles. The Hall–Kier alpha value is -2.92. The Bertz CT molecular complexity index is 1190. The predicted molar refractivity (Wildman–Crippen MR) is 151 cm³/mol.